The first-order valence-corrected chi connectivity index (χ1v) is 6.55. The quantitative estimate of drug-likeness (QED) is 0.734. The molecule has 0 aliphatic carbocycles. The van der Waals surface area contributed by atoms with Crippen molar-refractivity contribution >= 4 is 41.2 Å². The summed E-state index contributed by atoms with van der Waals surface area (Å²) in [5.74, 6) is -0.435. The molecule has 0 aliphatic rings. The highest BCUT2D eigenvalue weighted by molar-refractivity contribution is 7.99. The van der Waals surface area contributed by atoms with Crippen molar-refractivity contribution in [2.45, 2.75) is 9.79 Å². The van der Waals surface area contributed by atoms with Gasteiger partial charge in [-0.15, -0.1) is 0 Å². The third-order valence-electron chi connectivity index (χ3n) is 2.24. The van der Waals surface area contributed by atoms with Gasteiger partial charge in [-0.2, -0.15) is 0 Å². The molecule has 2 rings (SSSR count). The van der Waals surface area contributed by atoms with Gasteiger partial charge in [0, 0.05) is 10.5 Å². The Labute approximate surface area is 118 Å². The van der Waals surface area contributed by atoms with Gasteiger partial charge in [0.15, 0.2) is 6.29 Å². The summed E-state index contributed by atoms with van der Waals surface area (Å²) in [4.78, 5) is 11.9. The molecule has 0 N–H and O–H groups in total. The van der Waals surface area contributed by atoms with Crippen LogP contribution in [0.1, 0.15) is 10.4 Å². The highest BCUT2D eigenvalue weighted by Gasteiger charge is 2.10. The van der Waals surface area contributed by atoms with Gasteiger partial charge in [0.1, 0.15) is 5.82 Å². The van der Waals surface area contributed by atoms with Crippen LogP contribution in [0.3, 0.4) is 0 Å². The molecule has 0 unspecified atom stereocenters. The SMILES string of the molecule is O=Cc1cccc(F)c1Sc1ccc(Cl)c(Cl)c1. The maximum atomic E-state index is 13.7. The van der Waals surface area contributed by atoms with Gasteiger partial charge in [0.05, 0.1) is 14.9 Å². The van der Waals surface area contributed by atoms with E-state index in [1.165, 1.54) is 12.1 Å². The Balaban J connectivity index is 2.39. The number of rotatable bonds is 3. The zero-order valence-electron chi connectivity index (χ0n) is 8.99. The second-order valence-electron chi connectivity index (χ2n) is 3.45. The predicted molar refractivity (Wildman–Crippen MR) is 72.4 cm³/mol. The number of aldehydes is 1. The van der Waals surface area contributed by atoms with Crippen LogP contribution in [-0.2, 0) is 0 Å². The first-order chi connectivity index (χ1) is 8.61. The zero-order valence-corrected chi connectivity index (χ0v) is 11.3. The van der Waals surface area contributed by atoms with Gasteiger partial charge in [-0.05, 0) is 24.3 Å². The first-order valence-electron chi connectivity index (χ1n) is 4.98. The Morgan fingerprint density at radius 2 is 1.89 bits per heavy atom. The molecule has 0 heterocycles. The van der Waals surface area contributed by atoms with E-state index in [2.05, 4.69) is 0 Å². The molecule has 0 amide bonds. The minimum Gasteiger partial charge on any atom is -0.298 e. The molecular formula is C13H7Cl2FOS. The number of carbonyl (C=O) groups excluding carboxylic acids is 1. The first kappa shape index (κ1) is 13.4. The fourth-order valence-corrected chi connectivity index (χ4v) is 2.70. The lowest BCUT2D eigenvalue weighted by Crippen LogP contribution is -1.89. The van der Waals surface area contributed by atoms with Crippen molar-refractivity contribution in [3.05, 3.63) is 57.8 Å². The molecule has 0 spiro atoms. The summed E-state index contributed by atoms with van der Waals surface area (Å²) in [6, 6.07) is 9.36. The summed E-state index contributed by atoms with van der Waals surface area (Å²) in [5, 5.41) is 0.829. The molecule has 18 heavy (non-hydrogen) atoms. The van der Waals surface area contributed by atoms with Crippen LogP contribution >= 0.6 is 35.0 Å². The lowest BCUT2D eigenvalue weighted by molar-refractivity contribution is 0.112. The van der Waals surface area contributed by atoms with Crippen LogP contribution in [0.2, 0.25) is 10.0 Å². The molecule has 0 saturated carbocycles. The van der Waals surface area contributed by atoms with Gasteiger partial charge in [-0.3, -0.25) is 4.79 Å². The largest absolute Gasteiger partial charge is 0.298 e. The Hall–Kier alpha value is -1.03. The molecule has 0 bridgehead atoms. The van der Waals surface area contributed by atoms with Crippen LogP contribution < -0.4 is 0 Å². The van der Waals surface area contributed by atoms with Crippen LogP contribution in [0, 0.1) is 5.82 Å². The predicted octanol–water partition coefficient (Wildman–Crippen LogP) is 5.10. The molecule has 0 atom stereocenters. The summed E-state index contributed by atoms with van der Waals surface area (Å²) < 4.78 is 13.7. The molecule has 2 aromatic carbocycles. The van der Waals surface area contributed by atoms with Crippen molar-refractivity contribution in [2.24, 2.45) is 0 Å². The number of benzene rings is 2. The van der Waals surface area contributed by atoms with Gasteiger partial charge in [0.25, 0.3) is 0 Å². The molecule has 2 aromatic rings. The highest BCUT2D eigenvalue weighted by atomic mass is 35.5. The summed E-state index contributed by atoms with van der Waals surface area (Å²) in [5.41, 5.74) is 0.311. The summed E-state index contributed by atoms with van der Waals surface area (Å²) >= 11 is 12.8. The summed E-state index contributed by atoms with van der Waals surface area (Å²) in [6.45, 7) is 0. The number of halogens is 3. The number of hydrogen-bond acceptors (Lipinski definition) is 2. The van der Waals surface area contributed by atoms with Crippen molar-refractivity contribution < 1.29 is 9.18 Å². The fourth-order valence-electron chi connectivity index (χ4n) is 1.38. The van der Waals surface area contributed by atoms with Gasteiger partial charge in [-0.1, -0.05) is 47.1 Å². The Kier molecular flexibility index (Phi) is 4.27. The zero-order chi connectivity index (χ0) is 13.1. The van der Waals surface area contributed by atoms with Gasteiger partial charge in [-0.25, -0.2) is 4.39 Å². The molecule has 0 fully saturated rings. The average molecular weight is 301 g/mol. The van der Waals surface area contributed by atoms with Gasteiger partial charge < -0.3 is 0 Å². The van der Waals surface area contributed by atoms with E-state index in [4.69, 9.17) is 23.2 Å². The van der Waals surface area contributed by atoms with E-state index in [0.717, 1.165) is 16.7 Å². The Bertz CT molecular complexity index is 602. The van der Waals surface area contributed by atoms with E-state index in [-0.39, 0.29) is 4.90 Å². The van der Waals surface area contributed by atoms with Crippen LogP contribution in [0.5, 0.6) is 0 Å². The Morgan fingerprint density at radius 1 is 1.11 bits per heavy atom. The van der Waals surface area contributed by atoms with Crippen LogP contribution in [0.15, 0.2) is 46.2 Å². The van der Waals surface area contributed by atoms with Gasteiger partial charge >= 0.3 is 0 Å². The highest BCUT2D eigenvalue weighted by Crippen LogP contribution is 2.35. The van der Waals surface area contributed by atoms with E-state index >= 15 is 0 Å². The summed E-state index contributed by atoms with van der Waals surface area (Å²) in [7, 11) is 0. The van der Waals surface area contributed by atoms with Crippen molar-refractivity contribution in [1.29, 1.82) is 0 Å². The van der Waals surface area contributed by atoms with Crippen molar-refractivity contribution in [3.8, 4) is 0 Å². The maximum absolute atomic E-state index is 13.7. The maximum Gasteiger partial charge on any atom is 0.151 e. The van der Waals surface area contributed by atoms with E-state index in [0.29, 0.717) is 21.9 Å². The third kappa shape index (κ3) is 2.86. The minimum absolute atomic E-state index is 0.283. The van der Waals surface area contributed by atoms with E-state index in [1.54, 1.807) is 24.3 Å². The normalized spacial score (nSPS) is 10.4. The molecule has 5 heteroatoms. The van der Waals surface area contributed by atoms with E-state index < -0.39 is 5.82 Å². The van der Waals surface area contributed by atoms with Crippen LogP contribution in [-0.4, -0.2) is 6.29 Å². The minimum atomic E-state index is -0.435. The monoisotopic (exact) mass is 300 g/mol. The molecular weight excluding hydrogens is 294 g/mol. The number of hydrogen-bond donors (Lipinski definition) is 0. The Morgan fingerprint density at radius 3 is 2.56 bits per heavy atom. The standard InChI is InChI=1S/C13H7Cl2FOS/c14-10-5-4-9(6-11(10)15)18-13-8(7-17)2-1-3-12(13)16/h1-7H. The fraction of sp³-hybridized carbons (Fsp3) is 0. The average Bonchev–Trinajstić information content (AvgIpc) is 2.36. The molecule has 92 valence electrons. The van der Waals surface area contributed by atoms with Gasteiger partial charge in [0.2, 0.25) is 0 Å². The molecule has 0 saturated heterocycles. The van der Waals surface area contributed by atoms with Crippen molar-refractivity contribution in [2.75, 3.05) is 0 Å². The second-order valence-corrected chi connectivity index (χ2v) is 5.35. The van der Waals surface area contributed by atoms with Crippen LogP contribution in [0.4, 0.5) is 4.39 Å². The topological polar surface area (TPSA) is 17.1 Å². The van der Waals surface area contributed by atoms with Crippen molar-refractivity contribution in [1.82, 2.24) is 0 Å². The molecule has 1 nitrogen and oxygen atoms in total. The molecule has 0 aromatic heterocycles. The lowest BCUT2D eigenvalue weighted by atomic mass is 10.2. The molecule has 0 aliphatic heterocycles. The van der Waals surface area contributed by atoms with Crippen LogP contribution in [0.25, 0.3) is 0 Å². The lowest BCUT2D eigenvalue weighted by Gasteiger charge is -2.06. The third-order valence-corrected chi connectivity index (χ3v) is 4.10. The number of carbonyl (C=O) groups is 1. The molecule has 0 radical (unpaired) electrons. The second kappa shape index (κ2) is 5.74. The van der Waals surface area contributed by atoms with E-state index in [1.807, 2.05) is 0 Å². The van der Waals surface area contributed by atoms with E-state index in [9.17, 15) is 9.18 Å². The smallest absolute Gasteiger partial charge is 0.151 e. The summed E-state index contributed by atoms with van der Waals surface area (Å²) in [6.07, 6.45) is 0.628. The van der Waals surface area contributed by atoms with Crippen molar-refractivity contribution in [3.63, 3.8) is 0 Å².